The number of hydrogen-bond donors (Lipinski definition) is 1. The number of nitrogens with zero attached hydrogens (tertiary/aromatic N) is 1. The number of H-pyrrole nitrogens is 1. The molecule has 0 aliphatic carbocycles. The molecule has 1 atom stereocenters. The lowest BCUT2D eigenvalue weighted by Crippen LogP contribution is -2.55. The van der Waals surface area contributed by atoms with E-state index in [1.54, 1.807) is 4.90 Å². The zero-order chi connectivity index (χ0) is 21.8. The van der Waals surface area contributed by atoms with Crippen LogP contribution in [0.25, 0.3) is 10.9 Å². The fraction of sp³-hybridized carbons (Fsp3) is 0.391. The van der Waals surface area contributed by atoms with Gasteiger partial charge < -0.3 is 4.98 Å². The second-order valence-electron chi connectivity index (χ2n) is 8.58. The van der Waals surface area contributed by atoms with Crippen LogP contribution in [0.2, 0.25) is 0 Å². The Morgan fingerprint density at radius 2 is 1.80 bits per heavy atom. The molecule has 2 nitrogen and oxygen atoms in total. The Hall–Kier alpha value is -1.86. The first-order valence-corrected chi connectivity index (χ1v) is 10.7. The number of alkyl halides is 2. The third-order valence-electron chi connectivity index (χ3n) is 6.05. The number of rotatable bonds is 4. The van der Waals surface area contributed by atoms with Gasteiger partial charge in [-0.3, -0.25) is 4.90 Å². The van der Waals surface area contributed by atoms with Crippen molar-refractivity contribution in [3.63, 3.8) is 0 Å². The number of hydrogen-bond acceptors (Lipinski definition) is 1. The van der Waals surface area contributed by atoms with E-state index in [1.807, 2.05) is 38.1 Å². The molecule has 1 unspecified atom stereocenters. The van der Waals surface area contributed by atoms with Crippen molar-refractivity contribution in [3.8, 4) is 0 Å². The highest BCUT2D eigenvalue weighted by atomic mass is 79.9. The van der Waals surface area contributed by atoms with Crippen LogP contribution in [0.15, 0.2) is 40.9 Å². The van der Waals surface area contributed by atoms with Crippen molar-refractivity contribution in [2.75, 3.05) is 6.54 Å². The normalized spacial score (nSPS) is 19.3. The van der Waals surface area contributed by atoms with E-state index in [0.29, 0.717) is 12.1 Å². The summed E-state index contributed by atoms with van der Waals surface area (Å²) in [5.41, 5.74) is 1.35. The largest absolute Gasteiger partial charge is 0.357 e. The molecule has 1 aliphatic heterocycles. The van der Waals surface area contributed by atoms with Gasteiger partial charge in [0, 0.05) is 38.6 Å². The quantitative estimate of drug-likeness (QED) is 0.397. The van der Waals surface area contributed by atoms with Gasteiger partial charge in [-0.05, 0) is 44.0 Å². The number of fused-ring (bicyclic) bond motifs is 3. The van der Waals surface area contributed by atoms with Crippen LogP contribution in [0.4, 0.5) is 17.6 Å². The minimum atomic E-state index is -2.98. The van der Waals surface area contributed by atoms with Crippen molar-refractivity contribution in [2.45, 2.75) is 51.1 Å². The minimum absolute atomic E-state index is 0.217. The number of aromatic amines is 1. The lowest BCUT2D eigenvalue weighted by atomic mass is 9.81. The van der Waals surface area contributed by atoms with Gasteiger partial charge in [0.25, 0.3) is 5.92 Å². The molecule has 0 amide bonds. The van der Waals surface area contributed by atoms with E-state index >= 15 is 8.78 Å². The predicted molar refractivity (Wildman–Crippen MR) is 114 cm³/mol. The fourth-order valence-corrected chi connectivity index (χ4v) is 4.87. The van der Waals surface area contributed by atoms with Crippen molar-refractivity contribution < 1.29 is 17.6 Å². The van der Waals surface area contributed by atoms with E-state index in [2.05, 4.69) is 20.9 Å². The summed E-state index contributed by atoms with van der Waals surface area (Å²) in [6.45, 7) is 4.53. The summed E-state index contributed by atoms with van der Waals surface area (Å²) < 4.78 is 59.6. The average Bonchev–Trinajstić information content (AvgIpc) is 3.00. The van der Waals surface area contributed by atoms with Gasteiger partial charge >= 0.3 is 0 Å². The Kier molecular flexibility index (Phi) is 5.26. The van der Waals surface area contributed by atoms with Crippen LogP contribution in [-0.2, 0) is 6.42 Å². The molecular weight excluding hydrogens is 460 g/mol. The molecule has 0 spiro atoms. The molecule has 1 aliphatic rings. The minimum Gasteiger partial charge on any atom is -0.357 e. The highest BCUT2D eigenvalue weighted by Crippen LogP contribution is 2.47. The van der Waals surface area contributed by atoms with Crippen LogP contribution in [0.3, 0.4) is 0 Å². The summed E-state index contributed by atoms with van der Waals surface area (Å²) in [5, 5.41) is 0.949. The Morgan fingerprint density at radius 3 is 2.43 bits per heavy atom. The standard InChI is InChI=1S/C23H23BrF4N2/c1-4-23(27,28)12-30-21(19-16(25)9-13(24)10-17(19)26)20-15(11-22(30,2)3)14-7-5-6-8-18(14)29-20/h5-10,21,29H,4,11-12H2,1-3H3. The van der Waals surface area contributed by atoms with Crippen molar-refractivity contribution in [3.05, 3.63) is 69.3 Å². The molecule has 30 heavy (non-hydrogen) atoms. The molecule has 1 N–H and O–H groups in total. The number of nitrogens with one attached hydrogen (secondary N) is 1. The van der Waals surface area contributed by atoms with Crippen molar-refractivity contribution in [2.24, 2.45) is 0 Å². The Morgan fingerprint density at radius 1 is 1.17 bits per heavy atom. The zero-order valence-corrected chi connectivity index (χ0v) is 18.6. The van der Waals surface area contributed by atoms with Gasteiger partial charge in [0.1, 0.15) is 11.6 Å². The summed E-state index contributed by atoms with van der Waals surface area (Å²) in [6.07, 6.45) is 0.138. The van der Waals surface area contributed by atoms with Gasteiger partial charge in [-0.25, -0.2) is 17.6 Å². The van der Waals surface area contributed by atoms with Gasteiger partial charge in [-0.2, -0.15) is 0 Å². The van der Waals surface area contributed by atoms with E-state index in [9.17, 15) is 8.78 Å². The van der Waals surface area contributed by atoms with E-state index in [4.69, 9.17) is 0 Å². The molecule has 4 rings (SSSR count). The molecule has 0 saturated heterocycles. The molecule has 0 fully saturated rings. The van der Waals surface area contributed by atoms with E-state index in [0.717, 1.165) is 16.5 Å². The topological polar surface area (TPSA) is 19.0 Å². The van der Waals surface area contributed by atoms with Crippen LogP contribution < -0.4 is 0 Å². The van der Waals surface area contributed by atoms with Crippen LogP contribution in [0.1, 0.15) is 50.1 Å². The Bertz CT molecular complexity index is 1080. The Balaban J connectivity index is 2.01. The summed E-state index contributed by atoms with van der Waals surface area (Å²) in [7, 11) is 0. The van der Waals surface area contributed by atoms with Crippen LogP contribution >= 0.6 is 15.9 Å². The zero-order valence-electron chi connectivity index (χ0n) is 17.0. The maximum absolute atomic E-state index is 15.1. The third kappa shape index (κ3) is 3.56. The summed E-state index contributed by atoms with van der Waals surface area (Å²) in [4.78, 5) is 4.82. The average molecular weight is 483 g/mol. The number of benzene rings is 2. The first-order valence-electron chi connectivity index (χ1n) is 9.92. The van der Waals surface area contributed by atoms with Gasteiger partial charge in [0.15, 0.2) is 0 Å². The van der Waals surface area contributed by atoms with Crippen molar-refractivity contribution >= 4 is 26.8 Å². The van der Waals surface area contributed by atoms with Crippen LogP contribution in [0.5, 0.6) is 0 Å². The highest BCUT2D eigenvalue weighted by molar-refractivity contribution is 9.10. The lowest BCUT2D eigenvalue weighted by Gasteiger charge is -2.49. The molecule has 160 valence electrons. The second-order valence-corrected chi connectivity index (χ2v) is 9.49. The van der Waals surface area contributed by atoms with E-state index in [-0.39, 0.29) is 16.5 Å². The number of halogens is 5. The van der Waals surface area contributed by atoms with Crippen molar-refractivity contribution in [1.82, 2.24) is 9.88 Å². The maximum atomic E-state index is 15.1. The first-order chi connectivity index (χ1) is 14.0. The molecule has 2 aromatic carbocycles. The highest BCUT2D eigenvalue weighted by Gasteiger charge is 2.47. The van der Waals surface area contributed by atoms with Crippen LogP contribution in [0, 0.1) is 11.6 Å². The first kappa shape index (κ1) is 21.4. The maximum Gasteiger partial charge on any atom is 0.260 e. The smallest absolute Gasteiger partial charge is 0.260 e. The van der Waals surface area contributed by atoms with Gasteiger partial charge in [0.05, 0.1) is 12.6 Å². The molecule has 3 aromatic rings. The van der Waals surface area contributed by atoms with Gasteiger partial charge in [-0.15, -0.1) is 0 Å². The molecule has 1 aromatic heterocycles. The lowest BCUT2D eigenvalue weighted by molar-refractivity contribution is -0.0741. The Labute approximate surface area is 181 Å². The SMILES string of the molecule is CCC(F)(F)CN1C(c2c(F)cc(Br)cc2F)c2[nH]c3ccccc3c2CC1(C)C. The molecule has 0 bridgehead atoms. The molecular formula is C23H23BrF4N2. The third-order valence-corrected chi connectivity index (χ3v) is 6.51. The monoisotopic (exact) mass is 482 g/mol. The van der Waals surface area contributed by atoms with E-state index in [1.165, 1.54) is 19.1 Å². The van der Waals surface area contributed by atoms with Gasteiger partial charge in [-0.1, -0.05) is 41.1 Å². The fourth-order valence-electron chi connectivity index (χ4n) is 4.47. The second kappa shape index (κ2) is 7.38. The molecule has 2 heterocycles. The molecule has 0 saturated carbocycles. The summed E-state index contributed by atoms with van der Waals surface area (Å²) in [5.74, 6) is -4.51. The summed E-state index contributed by atoms with van der Waals surface area (Å²) in [6, 6.07) is 8.96. The van der Waals surface area contributed by atoms with Crippen LogP contribution in [-0.4, -0.2) is 27.9 Å². The number of aromatic nitrogens is 1. The van der Waals surface area contributed by atoms with Crippen molar-refractivity contribution in [1.29, 1.82) is 0 Å². The number of para-hydroxylation sites is 1. The predicted octanol–water partition coefficient (Wildman–Crippen LogP) is 6.98. The molecule has 0 radical (unpaired) electrons. The van der Waals surface area contributed by atoms with Gasteiger partial charge in [0.2, 0.25) is 0 Å². The molecule has 7 heteroatoms. The van der Waals surface area contributed by atoms with E-state index < -0.39 is 35.7 Å². The summed E-state index contributed by atoms with van der Waals surface area (Å²) >= 11 is 3.11.